The minimum atomic E-state index is -0.856. The first kappa shape index (κ1) is 25.9. The van der Waals surface area contributed by atoms with Crippen LogP contribution in [0.2, 0.25) is 20.1 Å². The summed E-state index contributed by atoms with van der Waals surface area (Å²) in [5, 5.41) is 16.4. The van der Waals surface area contributed by atoms with Crippen LogP contribution in [0.25, 0.3) is 0 Å². The van der Waals surface area contributed by atoms with Gasteiger partial charge in [0.05, 0.1) is 25.8 Å². The molecule has 0 fully saturated rings. The molecular weight excluding hydrogens is 498 g/mol. The number of nitrogen functional groups attached to an aromatic ring is 1. The van der Waals surface area contributed by atoms with Gasteiger partial charge in [0.2, 0.25) is 5.91 Å². The van der Waals surface area contributed by atoms with Crippen LogP contribution < -0.4 is 27.4 Å². The van der Waals surface area contributed by atoms with Crippen molar-refractivity contribution >= 4 is 69.9 Å². The molecule has 8 N–H and O–H groups in total. The van der Waals surface area contributed by atoms with E-state index in [0.717, 1.165) is 0 Å². The van der Waals surface area contributed by atoms with Crippen molar-refractivity contribution in [2.45, 2.75) is 25.4 Å². The van der Waals surface area contributed by atoms with Gasteiger partial charge in [-0.3, -0.25) is 15.0 Å². The van der Waals surface area contributed by atoms with Crippen LogP contribution in [0.1, 0.15) is 28.8 Å². The summed E-state index contributed by atoms with van der Waals surface area (Å²) in [6, 6.07) is 6.77. The minimum Gasteiger partial charge on any atom is -0.396 e. The number of hydrogen-bond donors (Lipinski definition) is 6. The fraction of sp³-hybridized carbons (Fsp3) is 0.250. The highest BCUT2D eigenvalue weighted by atomic mass is 35.5. The normalized spacial score (nSPS) is 11.5. The van der Waals surface area contributed by atoms with E-state index in [0.29, 0.717) is 30.0 Å². The Morgan fingerprint density at radius 1 is 0.969 bits per heavy atom. The quantitative estimate of drug-likeness (QED) is 0.130. The third-order valence-corrected chi connectivity index (χ3v) is 5.76. The SMILES string of the molecule is N=C(N)NCCC[C@@H](NC(=O)c1ccc(Cl)c(Cl)c1)C(=O)NCc1cc(Cl)c(N)c(Cl)c1. The van der Waals surface area contributed by atoms with Gasteiger partial charge in [-0.15, -0.1) is 0 Å². The van der Waals surface area contributed by atoms with Gasteiger partial charge in [-0.2, -0.15) is 0 Å². The highest BCUT2D eigenvalue weighted by molar-refractivity contribution is 6.42. The first-order valence-electron chi connectivity index (χ1n) is 9.43. The van der Waals surface area contributed by atoms with Gasteiger partial charge in [-0.05, 0) is 48.7 Å². The van der Waals surface area contributed by atoms with E-state index in [1.54, 1.807) is 12.1 Å². The van der Waals surface area contributed by atoms with Crippen LogP contribution in [-0.2, 0) is 11.3 Å². The summed E-state index contributed by atoms with van der Waals surface area (Å²) in [6.07, 6.45) is 0.765. The zero-order valence-corrected chi connectivity index (χ0v) is 19.8. The van der Waals surface area contributed by atoms with Crippen LogP contribution in [0.5, 0.6) is 0 Å². The lowest BCUT2D eigenvalue weighted by Gasteiger charge is -2.19. The molecule has 0 aliphatic heterocycles. The predicted molar refractivity (Wildman–Crippen MR) is 130 cm³/mol. The predicted octanol–water partition coefficient (Wildman–Crippen LogP) is 3.56. The second-order valence-corrected chi connectivity index (χ2v) is 8.46. The van der Waals surface area contributed by atoms with Crippen molar-refractivity contribution in [3.05, 3.63) is 61.5 Å². The number of benzene rings is 2. The number of hydrogen-bond acceptors (Lipinski definition) is 4. The second-order valence-electron chi connectivity index (χ2n) is 6.83. The highest BCUT2D eigenvalue weighted by Crippen LogP contribution is 2.28. The largest absolute Gasteiger partial charge is 0.396 e. The lowest BCUT2D eigenvalue weighted by molar-refractivity contribution is -0.123. The maximum absolute atomic E-state index is 12.8. The summed E-state index contributed by atoms with van der Waals surface area (Å²) in [5.74, 6) is -1.07. The molecular formula is C20H22Cl4N6O2. The number of carbonyl (C=O) groups excluding carboxylic acids is 2. The smallest absolute Gasteiger partial charge is 0.251 e. The zero-order chi connectivity index (χ0) is 23.8. The molecule has 12 heteroatoms. The molecule has 8 nitrogen and oxygen atoms in total. The topological polar surface area (TPSA) is 146 Å². The number of amides is 2. The van der Waals surface area contributed by atoms with Crippen LogP contribution in [0.15, 0.2) is 30.3 Å². The molecule has 0 radical (unpaired) electrons. The Morgan fingerprint density at radius 2 is 1.62 bits per heavy atom. The summed E-state index contributed by atoms with van der Waals surface area (Å²) >= 11 is 23.9. The number of halogens is 4. The van der Waals surface area contributed by atoms with Crippen molar-refractivity contribution in [1.29, 1.82) is 5.41 Å². The fourth-order valence-corrected chi connectivity index (χ4v) is 3.56. The van der Waals surface area contributed by atoms with Gasteiger partial charge in [0, 0.05) is 18.7 Å². The molecule has 172 valence electrons. The van der Waals surface area contributed by atoms with Crippen LogP contribution in [0.4, 0.5) is 5.69 Å². The van der Waals surface area contributed by atoms with Gasteiger partial charge in [-0.1, -0.05) is 46.4 Å². The Hall–Kier alpha value is -2.39. The molecule has 0 saturated heterocycles. The maximum Gasteiger partial charge on any atom is 0.251 e. The molecule has 1 atom stereocenters. The second kappa shape index (κ2) is 12.0. The average Bonchev–Trinajstić information content (AvgIpc) is 2.73. The van der Waals surface area contributed by atoms with Crippen LogP contribution >= 0.6 is 46.4 Å². The van der Waals surface area contributed by atoms with E-state index in [1.807, 2.05) is 0 Å². The van der Waals surface area contributed by atoms with E-state index in [-0.39, 0.29) is 38.8 Å². The first-order chi connectivity index (χ1) is 15.1. The van der Waals surface area contributed by atoms with E-state index in [9.17, 15) is 9.59 Å². The van der Waals surface area contributed by atoms with E-state index < -0.39 is 17.9 Å². The summed E-state index contributed by atoms with van der Waals surface area (Å²) in [7, 11) is 0. The van der Waals surface area contributed by atoms with Gasteiger partial charge < -0.3 is 27.4 Å². The maximum atomic E-state index is 12.8. The molecule has 2 aromatic carbocycles. The third-order valence-electron chi connectivity index (χ3n) is 4.39. The Labute approximate surface area is 205 Å². The van der Waals surface area contributed by atoms with Crippen molar-refractivity contribution in [2.75, 3.05) is 12.3 Å². The van der Waals surface area contributed by atoms with Crippen LogP contribution in [-0.4, -0.2) is 30.4 Å². The van der Waals surface area contributed by atoms with Crippen LogP contribution in [0, 0.1) is 5.41 Å². The minimum absolute atomic E-state index is 0.128. The molecule has 0 bridgehead atoms. The molecule has 0 saturated carbocycles. The first-order valence-corrected chi connectivity index (χ1v) is 10.9. The Bertz CT molecular complexity index is 995. The van der Waals surface area contributed by atoms with E-state index in [4.69, 9.17) is 63.3 Å². The number of anilines is 1. The van der Waals surface area contributed by atoms with E-state index in [2.05, 4.69) is 16.0 Å². The van der Waals surface area contributed by atoms with Crippen molar-refractivity contribution < 1.29 is 9.59 Å². The number of carbonyl (C=O) groups is 2. The molecule has 0 aliphatic rings. The molecule has 0 aliphatic carbocycles. The number of rotatable bonds is 9. The van der Waals surface area contributed by atoms with Crippen molar-refractivity contribution in [1.82, 2.24) is 16.0 Å². The van der Waals surface area contributed by atoms with Gasteiger partial charge in [-0.25, -0.2) is 0 Å². The highest BCUT2D eigenvalue weighted by Gasteiger charge is 2.21. The number of nitrogens with two attached hydrogens (primary N) is 2. The van der Waals surface area contributed by atoms with E-state index in [1.165, 1.54) is 18.2 Å². The van der Waals surface area contributed by atoms with E-state index >= 15 is 0 Å². The molecule has 32 heavy (non-hydrogen) atoms. The van der Waals surface area contributed by atoms with Gasteiger partial charge in [0.15, 0.2) is 5.96 Å². The Balaban J connectivity index is 2.08. The number of nitrogens with one attached hydrogen (secondary N) is 4. The lowest BCUT2D eigenvalue weighted by atomic mass is 10.1. The molecule has 0 aromatic heterocycles. The Kier molecular flexibility index (Phi) is 9.71. The molecule has 0 spiro atoms. The Morgan fingerprint density at radius 3 is 2.22 bits per heavy atom. The van der Waals surface area contributed by atoms with Gasteiger partial charge in [0.25, 0.3) is 5.91 Å². The monoisotopic (exact) mass is 518 g/mol. The molecule has 0 heterocycles. The van der Waals surface area contributed by atoms with Crippen molar-refractivity contribution in [3.8, 4) is 0 Å². The van der Waals surface area contributed by atoms with Crippen molar-refractivity contribution in [2.24, 2.45) is 5.73 Å². The number of guanidine groups is 1. The average molecular weight is 520 g/mol. The fourth-order valence-electron chi connectivity index (χ4n) is 2.73. The van der Waals surface area contributed by atoms with Crippen LogP contribution in [0.3, 0.4) is 0 Å². The molecule has 0 unspecified atom stereocenters. The van der Waals surface area contributed by atoms with Gasteiger partial charge >= 0.3 is 0 Å². The zero-order valence-electron chi connectivity index (χ0n) is 16.8. The molecule has 2 amide bonds. The van der Waals surface area contributed by atoms with Gasteiger partial charge in [0.1, 0.15) is 6.04 Å². The molecule has 2 rings (SSSR count). The lowest BCUT2D eigenvalue weighted by Crippen LogP contribution is -2.47. The summed E-state index contributed by atoms with van der Waals surface area (Å²) in [6.45, 7) is 0.494. The van der Waals surface area contributed by atoms with Crippen molar-refractivity contribution in [3.63, 3.8) is 0 Å². The molecule has 2 aromatic rings. The standard InChI is InChI=1S/C20H22Cl4N6O2/c21-12-4-3-11(8-13(12)22)18(31)30-16(2-1-5-28-20(26)27)19(32)29-9-10-6-14(23)17(25)15(24)7-10/h3-4,6-8,16H,1-2,5,9,25H2,(H,29,32)(H,30,31)(H4,26,27,28)/t16-/m1/s1. The summed E-state index contributed by atoms with van der Waals surface area (Å²) in [5.41, 5.74) is 12.2. The third kappa shape index (κ3) is 7.63. The summed E-state index contributed by atoms with van der Waals surface area (Å²) < 4.78 is 0. The summed E-state index contributed by atoms with van der Waals surface area (Å²) in [4.78, 5) is 25.5.